The Balaban J connectivity index is 2.02. The number of hydrogen-bond acceptors (Lipinski definition) is 6. The van der Waals surface area contributed by atoms with Crippen molar-refractivity contribution in [2.45, 2.75) is 6.36 Å². The van der Waals surface area contributed by atoms with Crippen molar-refractivity contribution in [2.75, 3.05) is 26.1 Å². The SMILES string of the molecule is C=CCN1C(=O)C(Nc2ccc(OC(F)(F)F)cc2)=C(c2ccc(OC)c(OC)c2)C1=O. The molecule has 3 rings (SSSR count). The van der Waals surface area contributed by atoms with Gasteiger partial charge in [0.2, 0.25) is 0 Å². The summed E-state index contributed by atoms with van der Waals surface area (Å²) in [4.78, 5) is 27.0. The van der Waals surface area contributed by atoms with Crippen LogP contribution in [0.1, 0.15) is 5.56 Å². The summed E-state index contributed by atoms with van der Waals surface area (Å²) < 4.78 is 51.5. The van der Waals surface area contributed by atoms with E-state index in [2.05, 4.69) is 16.6 Å². The van der Waals surface area contributed by atoms with Crippen LogP contribution < -0.4 is 19.5 Å². The zero-order valence-electron chi connectivity index (χ0n) is 17.2. The highest BCUT2D eigenvalue weighted by atomic mass is 19.4. The van der Waals surface area contributed by atoms with Gasteiger partial charge in [-0.05, 0) is 42.0 Å². The Morgan fingerprint density at radius 2 is 1.66 bits per heavy atom. The number of imide groups is 1. The zero-order valence-corrected chi connectivity index (χ0v) is 17.2. The molecule has 2 aromatic rings. The Hall–Kier alpha value is -3.95. The standard InChI is InChI=1S/C22H19F3N2O5/c1-4-11-27-20(28)18(13-5-10-16(30-2)17(12-13)31-3)19(21(27)29)26-14-6-8-15(9-7-14)32-22(23,24)25/h4-10,12,26H,1,11H2,2-3H3. The van der Waals surface area contributed by atoms with Crippen molar-refractivity contribution in [1.82, 2.24) is 4.90 Å². The lowest BCUT2D eigenvalue weighted by Gasteiger charge is -2.13. The van der Waals surface area contributed by atoms with Gasteiger partial charge in [0.1, 0.15) is 11.4 Å². The van der Waals surface area contributed by atoms with E-state index in [1.807, 2.05) is 0 Å². The average Bonchev–Trinajstić information content (AvgIpc) is 2.98. The van der Waals surface area contributed by atoms with Crippen LogP contribution >= 0.6 is 0 Å². The number of amides is 2. The van der Waals surface area contributed by atoms with E-state index in [9.17, 15) is 22.8 Å². The third-order valence-corrected chi connectivity index (χ3v) is 4.51. The van der Waals surface area contributed by atoms with E-state index in [-0.39, 0.29) is 23.5 Å². The van der Waals surface area contributed by atoms with Gasteiger partial charge in [-0.15, -0.1) is 19.8 Å². The molecule has 0 fully saturated rings. The summed E-state index contributed by atoms with van der Waals surface area (Å²) in [5, 5.41) is 2.84. The maximum atomic E-state index is 13.0. The summed E-state index contributed by atoms with van der Waals surface area (Å²) in [6, 6.07) is 9.53. The molecule has 0 bridgehead atoms. The third kappa shape index (κ3) is 4.69. The van der Waals surface area contributed by atoms with Crippen LogP contribution in [-0.4, -0.2) is 43.8 Å². The first-order chi connectivity index (χ1) is 15.2. The molecule has 1 aliphatic rings. The number of nitrogens with zero attached hydrogens (tertiary/aromatic N) is 1. The molecular weight excluding hydrogens is 429 g/mol. The first-order valence-electron chi connectivity index (χ1n) is 9.25. The van der Waals surface area contributed by atoms with E-state index >= 15 is 0 Å². The minimum absolute atomic E-state index is 0.0159. The number of rotatable bonds is 8. The minimum atomic E-state index is -4.82. The van der Waals surface area contributed by atoms with Crippen LogP contribution in [0.5, 0.6) is 17.2 Å². The lowest BCUT2D eigenvalue weighted by molar-refractivity contribution is -0.274. The van der Waals surface area contributed by atoms with E-state index in [1.165, 1.54) is 32.4 Å². The molecule has 10 heteroatoms. The quantitative estimate of drug-likeness (QED) is 0.486. The number of hydrogen-bond donors (Lipinski definition) is 1. The molecule has 0 aliphatic carbocycles. The number of ether oxygens (including phenoxy) is 3. The fourth-order valence-corrected chi connectivity index (χ4v) is 3.13. The van der Waals surface area contributed by atoms with Gasteiger partial charge in [-0.3, -0.25) is 14.5 Å². The summed E-state index contributed by atoms with van der Waals surface area (Å²) in [5.41, 5.74) is 0.725. The second-order valence-corrected chi connectivity index (χ2v) is 6.53. The number of benzene rings is 2. The van der Waals surface area contributed by atoms with E-state index in [0.717, 1.165) is 17.0 Å². The van der Waals surface area contributed by atoms with Crippen LogP contribution in [0.15, 0.2) is 60.8 Å². The van der Waals surface area contributed by atoms with Gasteiger partial charge in [0, 0.05) is 12.2 Å². The average molecular weight is 448 g/mol. The fourth-order valence-electron chi connectivity index (χ4n) is 3.13. The molecule has 0 saturated heterocycles. The number of alkyl halides is 3. The highest BCUT2D eigenvalue weighted by molar-refractivity contribution is 6.36. The minimum Gasteiger partial charge on any atom is -0.493 e. The Morgan fingerprint density at radius 1 is 1.00 bits per heavy atom. The normalized spacial score (nSPS) is 14.0. The summed E-state index contributed by atoms with van der Waals surface area (Å²) in [7, 11) is 2.90. The smallest absolute Gasteiger partial charge is 0.493 e. The Bertz CT molecular complexity index is 1080. The largest absolute Gasteiger partial charge is 0.573 e. The lowest BCUT2D eigenvalue weighted by atomic mass is 10.0. The predicted octanol–water partition coefficient (Wildman–Crippen LogP) is 3.98. The number of nitrogens with one attached hydrogen (secondary N) is 1. The first kappa shape index (κ1) is 22.7. The molecule has 0 saturated carbocycles. The van der Waals surface area contributed by atoms with Crippen LogP contribution in [0.2, 0.25) is 0 Å². The van der Waals surface area contributed by atoms with Gasteiger partial charge >= 0.3 is 6.36 Å². The van der Waals surface area contributed by atoms with Crippen molar-refractivity contribution in [3.63, 3.8) is 0 Å². The zero-order chi connectivity index (χ0) is 23.5. The molecule has 2 aromatic carbocycles. The molecule has 1 N–H and O–H groups in total. The van der Waals surface area contributed by atoms with E-state index in [1.54, 1.807) is 18.2 Å². The van der Waals surface area contributed by atoms with Crippen molar-refractivity contribution < 1.29 is 37.0 Å². The highest BCUT2D eigenvalue weighted by Crippen LogP contribution is 2.36. The summed E-state index contributed by atoms with van der Waals surface area (Å²) in [5.74, 6) is -0.782. The molecule has 7 nitrogen and oxygen atoms in total. The maximum Gasteiger partial charge on any atom is 0.573 e. The van der Waals surface area contributed by atoms with Gasteiger partial charge < -0.3 is 19.5 Å². The van der Waals surface area contributed by atoms with Crippen molar-refractivity contribution >= 4 is 23.1 Å². The van der Waals surface area contributed by atoms with E-state index < -0.39 is 23.9 Å². The van der Waals surface area contributed by atoms with Crippen molar-refractivity contribution in [2.24, 2.45) is 0 Å². The van der Waals surface area contributed by atoms with Crippen LogP contribution in [-0.2, 0) is 9.59 Å². The van der Waals surface area contributed by atoms with Gasteiger partial charge in [0.05, 0.1) is 19.8 Å². The number of halogens is 3. The molecule has 0 spiro atoms. The first-order valence-corrected chi connectivity index (χ1v) is 9.25. The molecule has 0 unspecified atom stereocenters. The van der Waals surface area contributed by atoms with Crippen LogP contribution in [0.3, 0.4) is 0 Å². The number of methoxy groups -OCH3 is 2. The highest BCUT2D eigenvalue weighted by Gasteiger charge is 2.39. The van der Waals surface area contributed by atoms with Crippen molar-refractivity contribution in [1.29, 1.82) is 0 Å². The van der Waals surface area contributed by atoms with Gasteiger partial charge in [-0.1, -0.05) is 12.1 Å². The van der Waals surface area contributed by atoms with Crippen molar-refractivity contribution in [3.05, 3.63) is 66.4 Å². The molecule has 2 amide bonds. The summed E-state index contributed by atoms with van der Waals surface area (Å²) in [6.07, 6.45) is -3.41. The van der Waals surface area contributed by atoms with Crippen LogP contribution in [0.4, 0.5) is 18.9 Å². The van der Waals surface area contributed by atoms with E-state index in [4.69, 9.17) is 9.47 Å². The molecule has 168 valence electrons. The number of anilines is 1. The fraction of sp³-hybridized carbons (Fsp3) is 0.182. The molecule has 32 heavy (non-hydrogen) atoms. The molecule has 1 aliphatic heterocycles. The predicted molar refractivity (Wildman–Crippen MR) is 110 cm³/mol. The monoisotopic (exact) mass is 448 g/mol. The van der Waals surface area contributed by atoms with Gasteiger partial charge in [0.25, 0.3) is 11.8 Å². The van der Waals surface area contributed by atoms with Crippen molar-refractivity contribution in [3.8, 4) is 17.2 Å². The van der Waals surface area contributed by atoms with E-state index in [0.29, 0.717) is 17.1 Å². The molecule has 0 atom stereocenters. The van der Waals surface area contributed by atoms with Gasteiger partial charge in [-0.2, -0.15) is 0 Å². The molecule has 0 radical (unpaired) electrons. The van der Waals surface area contributed by atoms with Crippen LogP contribution in [0, 0.1) is 0 Å². The molecule has 0 aromatic heterocycles. The summed E-state index contributed by atoms with van der Waals surface area (Å²) >= 11 is 0. The lowest BCUT2D eigenvalue weighted by Crippen LogP contribution is -2.32. The van der Waals surface area contributed by atoms with Gasteiger partial charge in [-0.25, -0.2) is 0 Å². The van der Waals surface area contributed by atoms with Crippen LogP contribution in [0.25, 0.3) is 5.57 Å². The Kier molecular flexibility index (Phi) is 6.42. The Morgan fingerprint density at radius 3 is 2.22 bits per heavy atom. The third-order valence-electron chi connectivity index (χ3n) is 4.51. The number of carbonyl (C=O) groups is 2. The topological polar surface area (TPSA) is 77.1 Å². The molecule has 1 heterocycles. The second-order valence-electron chi connectivity index (χ2n) is 6.53. The second kappa shape index (κ2) is 9.04. The Labute approximate surface area is 181 Å². The molecular formula is C22H19F3N2O5. The van der Waals surface area contributed by atoms with Gasteiger partial charge in [0.15, 0.2) is 11.5 Å². The number of carbonyl (C=O) groups excluding carboxylic acids is 2. The maximum absolute atomic E-state index is 13.0. The summed E-state index contributed by atoms with van der Waals surface area (Å²) in [6.45, 7) is 3.55.